The molecule has 6 heteroatoms. The molecule has 6 nitrogen and oxygen atoms in total. The number of carbonyl (C=O) groups excluding carboxylic acids is 1. The number of nitrogens with zero attached hydrogens (tertiary/aromatic N) is 2. The maximum Gasteiger partial charge on any atom is 0.240 e. The summed E-state index contributed by atoms with van der Waals surface area (Å²) in [5.41, 5.74) is 7.69. The summed E-state index contributed by atoms with van der Waals surface area (Å²) in [6.07, 6.45) is 1.31. The van der Waals surface area contributed by atoms with Crippen molar-refractivity contribution in [2.75, 3.05) is 7.11 Å². The van der Waals surface area contributed by atoms with Crippen molar-refractivity contribution < 1.29 is 9.53 Å². The van der Waals surface area contributed by atoms with Gasteiger partial charge >= 0.3 is 0 Å². The summed E-state index contributed by atoms with van der Waals surface area (Å²) in [5, 5.41) is 3.11. The standard InChI is InChI=1S/C16H16N4O2/c1-22-11-7-5-10(6-8-11)13-14(15(17)21)20-16(19-13)12-4-2-3-9-18-12/h2-9,14,16,20H,1H3,(H2,17,21). The maximum absolute atomic E-state index is 11.7. The van der Waals surface area contributed by atoms with E-state index in [1.54, 1.807) is 13.3 Å². The number of methoxy groups -OCH3 is 1. The Balaban J connectivity index is 1.95. The third kappa shape index (κ3) is 2.68. The number of carbonyl (C=O) groups is 1. The number of hydrogen-bond acceptors (Lipinski definition) is 5. The van der Waals surface area contributed by atoms with Crippen molar-refractivity contribution in [1.29, 1.82) is 0 Å². The van der Waals surface area contributed by atoms with E-state index in [4.69, 9.17) is 10.5 Å². The second kappa shape index (κ2) is 5.95. The van der Waals surface area contributed by atoms with Gasteiger partial charge in [-0.05, 0) is 42.0 Å². The predicted molar refractivity (Wildman–Crippen MR) is 82.6 cm³/mol. The number of nitrogens with two attached hydrogens (primary N) is 1. The number of pyridine rings is 1. The van der Waals surface area contributed by atoms with E-state index in [0.29, 0.717) is 5.71 Å². The van der Waals surface area contributed by atoms with Gasteiger partial charge in [-0.15, -0.1) is 0 Å². The lowest BCUT2D eigenvalue weighted by molar-refractivity contribution is -0.118. The Morgan fingerprint density at radius 1 is 1.23 bits per heavy atom. The molecule has 2 heterocycles. The number of aromatic nitrogens is 1. The second-order valence-electron chi connectivity index (χ2n) is 4.90. The average Bonchev–Trinajstić information content (AvgIpc) is 3.01. The number of ether oxygens (including phenoxy) is 1. The molecule has 3 rings (SSSR count). The van der Waals surface area contributed by atoms with Crippen LogP contribution in [0.4, 0.5) is 0 Å². The summed E-state index contributed by atoms with van der Waals surface area (Å²) in [6.45, 7) is 0. The summed E-state index contributed by atoms with van der Waals surface area (Å²) in [6, 6.07) is 12.3. The molecule has 2 unspecified atom stereocenters. The lowest BCUT2D eigenvalue weighted by Gasteiger charge is -2.12. The fourth-order valence-electron chi connectivity index (χ4n) is 2.40. The Kier molecular flexibility index (Phi) is 3.84. The zero-order valence-electron chi connectivity index (χ0n) is 12.1. The normalized spacial score (nSPS) is 20.5. The highest BCUT2D eigenvalue weighted by Gasteiger charge is 2.33. The largest absolute Gasteiger partial charge is 0.497 e. The van der Waals surface area contributed by atoms with Crippen LogP contribution >= 0.6 is 0 Å². The van der Waals surface area contributed by atoms with Crippen molar-refractivity contribution in [2.45, 2.75) is 12.2 Å². The predicted octanol–water partition coefficient (Wildman–Crippen LogP) is 1.04. The van der Waals surface area contributed by atoms with E-state index < -0.39 is 11.9 Å². The molecule has 1 aromatic carbocycles. The van der Waals surface area contributed by atoms with Crippen molar-refractivity contribution in [3.8, 4) is 5.75 Å². The molecule has 112 valence electrons. The summed E-state index contributed by atoms with van der Waals surface area (Å²) in [5.74, 6) is 0.278. The molecule has 2 atom stereocenters. The number of benzene rings is 1. The molecule has 0 aliphatic carbocycles. The third-order valence-electron chi connectivity index (χ3n) is 3.50. The van der Waals surface area contributed by atoms with Gasteiger partial charge in [0, 0.05) is 6.20 Å². The number of hydrogen-bond donors (Lipinski definition) is 2. The van der Waals surface area contributed by atoms with Gasteiger partial charge in [-0.1, -0.05) is 6.07 Å². The van der Waals surface area contributed by atoms with Crippen LogP contribution in [0.5, 0.6) is 5.75 Å². The van der Waals surface area contributed by atoms with E-state index in [0.717, 1.165) is 17.0 Å². The quantitative estimate of drug-likeness (QED) is 0.882. The molecule has 1 aliphatic rings. The summed E-state index contributed by atoms with van der Waals surface area (Å²) in [7, 11) is 1.60. The minimum absolute atomic E-state index is 0.379. The van der Waals surface area contributed by atoms with Gasteiger partial charge in [0.2, 0.25) is 5.91 Å². The lowest BCUT2D eigenvalue weighted by atomic mass is 10.0. The van der Waals surface area contributed by atoms with Crippen LogP contribution in [0.2, 0.25) is 0 Å². The van der Waals surface area contributed by atoms with E-state index in [2.05, 4.69) is 15.3 Å². The second-order valence-corrected chi connectivity index (χ2v) is 4.90. The first-order valence-electron chi connectivity index (χ1n) is 6.87. The molecule has 2 aromatic rings. The summed E-state index contributed by atoms with van der Waals surface area (Å²) < 4.78 is 5.14. The Labute approximate surface area is 128 Å². The Morgan fingerprint density at radius 3 is 2.59 bits per heavy atom. The van der Waals surface area contributed by atoms with E-state index in [1.807, 2.05) is 42.5 Å². The first-order valence-corrected chi connectivity index (χ1v) is 6.87. The van der Waals surface area contributed by atoms with Crippen LogP contribution in [0.1, 0.15) is 17.4 Å². The molecule has 0 saturated heterocycles. The molecular weight excluding hydrogens is 280 g/mol. The highest BCUT2D eigenvalue weighted by atomic mass is 16.5. The zero-order chi connectivity index (χ0) is 15.5. The van der Waals surface area contributed by atoms with Gasteiger partial charge in [-0.3, -0.25) is 20.1 Å². The third-order valence-corrected chi connectivity index (χ3v) is 3.50. The number of nitrogens with one attached hydrogen (secondary N) is 1. The SMILES string of the molecule is COc1ccc(C2=NC(c3ccccn3)NC2C(N)=O)cc1. The lowest BCUT2D eigenvalue weighted by Crippen LogP contribution is -2.43. The molecule has 22 heavy (non-hydrogen) atoms. The number of rotatable bonds is 4. The minimum Gasteiger partial charge on any atom is -0.497 e. The van der Waals surface area contributed by atoms with Gasteiger partial charge in [0.05, 0.1) is 18.5 Å². The summed E-state index contributed by atoms with van der Waals surface area (Å²) in [4.78, 5) is 20.6. The van der Waals surface area contributed by atoms with Crippen LogP contribution in [0.3, 0.4) is 0 Å². The van der Waals surface area contributed by atoms with Crippen LogP contribution in [-0.2, 0) is 4.79 Å². The van der Waals surface area contributed by atoms with Crippen LogP contribution < -0.4 is 15.8 Å². The van der Waals surface area contributed by atoms with Crippen molar-refractivity contribution in [1.82, 2.24) is 10.3 Å². The van der Waals surface area contributed by atoms with Crippen molar-refractivity contribution in [3.63, 3.8) is 0 Å². The molecule has 0 spiro atoms. The molecule has 0 saturated carbocycles. The van der Waals surface area contributed by atoms with E-state index >= 15 is 0 Å². The first-order chi connectivity index (χ1) is 10.7. The van der Waals surface area contributed by atoms with E-state index in [1.165, 1.54) is 0 Å². The molecule has 1 aromatic heterocycles. The molecular formula is C16H16N4O2. The summed E-state index contributed by atoms with van der Waals surface area (Å²) >= 11 is 0. The number of aliphatic imine (C=N–C) groups is 1. The first kappa shape index (κ1) is 14.2. The van der Waals surface area contributed by atoms with E-state index in [-0.39, 0.29) is 6.17 Å². The number of primary amides is 1. The fourth-order valence-corrected chi connectivity index (χ4v) is 2.40. The van der Waals surface area contributed by atoms with Crippen LogP contribution in [0.15, 0.2) is 53.7 Å². The Hall–Kier alpha value is -2.73. The van der Waals surface area contributed by atoms with Gasteiger partial charge in [0.25, 0.3) is 0 Å². The van der Waals surface area contributed by atoms with Crippen molar-refractivity contribution in [3.05, 3.63) is 59.9 Å². The van der Waals surface area contributed by atoms with Crippen molar-refractivity contribution in [2.24, 2.45) is 10.7 Å². The molecule has 0 radical (unpaired) electrons. The number of amides is 1. The topological polar surface area (TPSA) is 89.6 Å². The Morgan fingerprint density at radius 2 is 2.00 bits per heavy atom. The van der Waals surface area contributed by atoms with Crippen LogP contribution in [0, 0.1) is 0 Å². The van der Waals surface area contributed by atoms with Crippen LogP contribution in [0.25, 0.3) is 0 Å². The molecule has 3 N–H and O–H groups in total. The maximum atomic E-state index is 11.7. The molecule has 1 aliphatic heterocycles. The van der Waals surface area contributed by atoms with Gasteiger partial charge < -0.3 is 10.5 Å². The molecule has 1 amide bonds. The minimum atomic E-state index is -0.639. The smallest absolute Gasteiger partial charge is 0.240 e. The Bertz CT molecular complexity index is 698. The fraction of sp³-hybridized carbons (Fsp3) is 0.188. The monoisotopic (exact) mass is 296 g/mol. The van der Waals surface area contributed by atoms with E-state index in [9.17, 15) is 4.79 Å². The zero-order valence-corrected chi connectivity index (χ0v) is 12.1. The van der Waals surface area contributed by atoms with Crippen LogP contribution in [-0.4, -0.2) is 29.8 Å². The highest BCUT2D eigenvalue weighted by Crippen LogP contribution is 2.23. The van der Waals surface area contributed by atoms with Gasteiger partial charge in [0.15, 0.2) is 0 Å². The molecule has 0 fully saturated rings. The van der Waals surface area contributed by atoms with Gasteiger partial charge in [-0.25, -0.2) is 0 Å². The molecule has 0 bridgehead atoms. The van der Waals surface area contributed by atoms with Gasteiger partial charge in [-0.2, -0.15) is 0 Å². The average molecular weight is 296 g/mol. The van der Waals surface area contributed by atoms with Crippen molar-refractivity contribution >= 4 is 11.6 Å². The highest BCUT2D eigenvalue weighted by molar-refractivity contribution is 6.17. The van der Waals surface area contributed by atoms with Gasteiger partial charge in [0.1, 0.15) is 18.0 Å².